The topological polar surface area (TPSA) is 67.9 Å². The van der Waals surface area contributed by atoms with E-state index in [2.05, 4.69) is 12.2 Å². The van der Waals surface area contributed by atoms with Gasteiger partial charge in [0, 0.05) is 12.7 Å². The van der Waals surface area contributed by atoms with Crippen molar-refractivity contribution < 1.29 is 19.1 Å². The molecule has 0 bridgehead atoms. The van der Waals surface area contributed by atoms with Gasteiger partial charge in [-0.2, -0.15) is 0 Å². The molecule has 1 unspecified atom stereocenters. The molecule has 6 nitrogen and oxygen atoms in total. The Kier molecular flexibility index (Phi) is 7.07. The summed E-state index contributed by atoms with van der Waals surface area (Å²) in [6.07, 6.45) is -0.0583. The predicted molar refractivity (Wildman–Crippen MR) is 94.2 cm³/mol. The van der Waals surface area contributed by atoms with E-state index in [4.69, 9.17) is 9.47 Å². The molecule has 0 radical (unpaired) electrons. The summed E-state index contributed by atoms with van der Waals surface area (Å²) in [5.74, 6) is 0. The number of aryl methyl sites for hydroxylation is 1. The highest BCUT2D eigenvalue weighted by Gasteiger charge is 2.23. The lowest BCUT2D eigenvalue weighted by atomic mass is 10.1. The van der Waals surface area contributed by atoms with Crippen molar-refractivity contribution in [2.24, 2.45) is 0 Å². The second kappa shape index (κ2) is 8.57. The first-order valence-corrected chi connectivity index (χ1v) is 8.11. The summed E-state index contributed by atoms with van der Waals surface area (Å²) >= 11 is 0. The lowest BCUT2D eigenvalue weighted by Crippen LogP contribution is -2.42. The number of carbonyl (C=O) groups is 2. The van der Waals surface area contributed by atoms with E-state index in [0.717, 1.165) is 6.42 Å². The second-order valence-corrected chi connectivity index (χ2v) is 6.71. The average Bonchev–Trinajstić information content (AvgIpc) is 2.51. The summed E-state index contributed by atoms with van der Waals surface area (Å²) in [4.78, 5) is 25.2. The molecule has 0 heterocycles. The maximum absolute atomic E-state index is 11.9. The first kappa shape index (κ1) is 19.8. The minimum absolute atomic E-state index is 0.0780. The number of ether oxygens (including phenoxy) is 2. The number of rotatable bonds is 5. The normalized spacial score (nSPS) is 12.2. The summed E-state index contributed by atoms with van der Waals surface area (Å²) in [5, 5.41) is 2.66. The molecule has 1 aromatic carbocycles. The molecule has 0 saturated carbocycles. The van der Waals surface area contributed by atoms with Crippen LogP contribution < -0.4 is 5.32 Å². The maximum atomic E-state index is 11.9. The van der Waals surface area contributed by atoms with Gasteiger partial charge in [-0.15, -0.1) is 0 Å². The molecule has 1 N–H and O–H groups in total. The zero-order valence-corrected chi connectivity index (χ0v) is 15.4. The molecule has 6 heteroatoms. The van der Waals surface area contributed by atoms with Crippen molar-refractivity contribution in [3.8, 4) is 0 Å². The first-order valence-electron chi connectivity index (χ1n) is 8.11. The fourth-order valence-electron chi connectivity index (χ4n) is 1.80. The van der Waals surface area contributed by atoms with Crippen LogP contribution in [0.3, 0.4) is 0 Å². The van der Waals surface area contributed by atoms with Crippen LogP contribution in [0.2, 0.25) is 0 Å². The van der Waals surface area contributed by atoms with Crippen LogP contribution in [0.1, 0.15) is 40.2 Å². The summed E-state index contributed by atoms with van der Waals surface area (Å²) < 4.78 is 10.4. The van der Waals surface area contributed by atoms with Crippen molar-refractivity contribution in [1.29, 1.82) is 0 Å². The van der Waals surface area contributed by atoms with Crippen molar-refractivity contribution in [3.05, 3.63) is 29.8 Å². The number of anilines is 1. The summed E-state index contributed by atoms with van der Waals surface area (Å²) in [7, 11) is 1.61. The van der Waals surface area contributed by atoms with Crippen molar-refractivity contribution >= 4 is 17.9 Å². The molecule has 24 heavy (non-hydrogen) atoms. The number of nitrogens with zero attached hydrogens (tertiary/aromatic N) is 1. The van der Waals surface area contributed by atoms with Gasteiger partial charge in [0.15, 0.2) is 0 Å². The van der Waals surface area contributed by atoms with E-state index < -0.39 is 17.8 Å². The molecule has 1 rings (SSSR count). The molecule has 0 spiro atoms. The van der Waals surface area contributed by atoms with E-state index >= 15 is 0 Å². The van der Waals surface area contributed by atoms with Crippen LogP contribution in [0.5, 0.6) is 0 Å². The van der Waals surface area contributed by atoms with Crippen LogP contribution in [-0.4, -0.2) is 42.4 Å². The molecular formula is C18H28N2O4. The monoisotopic (exact) mass is 336 g/mol. The largest absolute Gasteiger partial charge is 0.447 e. The third-order valence-corrected chi connectivity index (χ3v) is 3.41. The molecule has 0 aliphatic rings. The molecule has 2 amide bonds. The van der Waals surface area contributed by atoms with Crippen molar-refractivity contribution in [2.45, 2.75) is 52.7 Å². The number of hydrogen-bond donors (Lipinski definition) is 1. The first-order chi connectivity index (χ1) is 11.1. The molecule has 0 aliphatic carbocycles. The molecule has 0 fully saturated rings. The molecule has 0 saturated heterocycles. The van der Waals surface area contributed by atoms with E-state index in [1.807, 2.05) is 24.3 Å². The Morgan fingerprint density at radius 3 is 2.29 bits per heavy atom. The Morgan fingerprint density at radius 1 is 1.21 bits per heavy atom. The highest BCUT2D eigenvalue weighted by molar-refractivity contribution is 5.84. The molecule has 0 aliphatic heterocycles. The minimum Gasteiger partial charge on any atom is -0.447 e. The Hall–Kier alpha value is -2.24. The van der Waals surface area contributed by atoms with Crippen LogP contribution >= 0.6 is 0 Å². The smallest absolute Gasteiger partial charge is 0.411 e. The molecule has 1 atom stereocenters. The van der Waals surface area contributed by atoms with E-state index in [9.17, 15) is 9.59 Å². The second-order valence-electron chi connectivity index (χ2n) is 6.71. The van der Waals surface area contributed by atoms with Gasteiger partial charge in [-0.1, -0.05) is 19.1 Å². The zero-order valence-electron chi connectivity index (χ0n) is 15.4. The standard InChI is InChI=1S/C18H28N2O4/c1-7-14-8-10-15(11-9-14)19-16(21)23-12-13(2)20(6)17(22)24-18(3,4)5/h8-11,13H,7,12H2,1-6H3,(H,19,21). The zero-order chi connectivity index (χ0) is 18.3. The number of nitrogens with one attached hydrogen (secondary N) is 1. The van der Waals surface area contributed by atoms with E-state index in [0.29, 0.717) is 5.69 Å². The van der Waals surface area contributed by atoms with Crippen LogP contribution in [-0.2, 0) is 15.9 Å². The summed E-state index contributed by atoms with van der Waals surface area (Å²) in [6, 6.07) is 7.27. The number of hydrogen-bond acceptors (Lipinski definition) is 4. The van der Waals surface area contributed by atoms with Crippen molar-refractivity contribution in [3.63, 3.8) is 0 Å². The molecule has 134 valence electrons. The van der Waals surface area contributed by atoms with E-state index in [1.54, 1.807) is 34.7 Å². The quantitative estimate of drug-likeness (QED) is 0.880. The Morgan fingerprint density at radius 2 is 1.79 bits per heavy atom. The van der Waals surface area contributed by atoms with E-state index in [-0.39, 0.29) is 12.6 Å². The molecular weight excluding hydrogens is 308 g/mol. The lowest BCUT2D eigenvalue weighted by molar-refractivity contribution is 0.0172. The Labute approximate surface area is 144 Å². The van der Waals surface area contributed by atoms with Gasteiger partial charge in [0.2, 0.25) is 0 Å². The highest BCUT2D eigenvalue weighted by Crippen LogP contribution is 2.12. The number of carbonyl (C=O) groups excluding carboxylic acids is 2. The number of amides is 2. The van der Waals surface area contributed by atoms with Gasteiger partial charge in [0.25, 0.3) is 0 Å². The molecule has 1 aromatic rings. The van der Waals surface area contributed by atoms with Gasteiger partial charge < -0.3 is 14.4 Å². The fraction of sp³-hybridized carbons (Fsp3) is 0.556. The summed E-state index contributed by atoms with van der Waals surface area (Å²) in [5.41, 5.74) is 1.31. The number of benzene rings is 1. The van der Waals surface area contributed by atoms with Crippen LogP contribution in [0, 0.1) is 0 Å². The van der Waals surface area contributed by atoms with Gasteiger partial charge in [0.05, 0.1) is 6.04 Å². The molecule has 0 aromatic heterocycles. The van der Waals surface area contributed by atoms with Crippen LogP contribution in [0.4, 0.5) is 15.3 Å². The van der Waals surface area contributed by atoms with Crippen LogP contribution in [0.25, 0.3) is 0 Å². The van der Waals surface area contributed by atoms with Gasteiger partial charge in [-0.25, -0.2) is 9.59 Å². The third kappa shape index (κ3) is 6.89. The minimum atomic E-state index is -0.562. The van der Waals surface area contributed by atoms with Gasteiger partial charge in [-0.3, -0.25) is 5.32 Å². The Bertz CT molecular complexity index is 549. The van der Waals surface area contributed by atoms with Gasteiger partial charge in [0.1, 0.15) is 12.2 Å². The highest BCUT2D eigenvalue weighted by atomic mass is 16.6. The van der Waals surface area contributed by atoms with Gasteiger partial charge >= 0.3 is 12.2 Å². The van der Waals surface area contributed by atoms with Gasteiger partial charge in [-0.05, 0) is 51.8 Å². The third-order valence-electron chi connectivity index (χ3n) is 3.41. The van der Waals surface area contributed by atoms with Crippen molar-refractivity contribution in [1.82, 2.24) is 4.90 Å². The number of likely N-dealkylation sites (N-methyl/N-ethyl adjacent to an activating group) is 1. The maximum Gasteiger partial charge on any atom is 0.411 e. The summed E-state index contributed by atoms with van der Waals surface area (Å²) in [6.45, 7) is 9.34. The van der Waals surface area contributed by atoms with E-state index in [1.165, 1.54) is 10.5 Å². The lowest BCUT2D eigenvalue weighted by Gasteiger charge is -2.28. The van der Waals surface area contributed by atoms with Crippen molar-refractivity contribution in [2.75, 3.05) is 19.0 Å². The van der Waals surface area contributed by atoms with Crippen LogP contribution in [0.15, 0.2) is 24.3 Å². The predicted octanol–water partition coefficient (Wildman–Crippen LogP) is 4.05. The SMILES string of the molecule is CCc1ccc(NC(=O)OCC(C)N(C)C(=O)OC(C)(C)C)cc1. The Balaban J connectivity index is 2.43. The fourth-order valence-corrected chi connectivity index (χ4v) is 1.80. The average molecular weight is 336 g/mol.